The SMILES string of the molecule is C#CCCCC(=O)c1ccc(I)cc1. The Kier molecular flexibility index (Phi) is 4.68. The predicted molar refractivity (Wildman–Crippen MR) is 66.2 cm³/mol. The van der Waals surface area contributed by atoms with Crippen LogP contribution in [0.4, 0.5) is 0 Å². The van der Waals surface area contributed by atoms with E-state index in [0.29, 0.717) is 12.8 Å². The summed E-state index contributed by atoms with van der Waals surface area (Å²) in [7, 11) is 0. The van der Waals surface area contributed by atoms with E-state index in [0.717, 1.165) is 15.6 Å². The normalized spacial score (nSPS) is 9.43. The zero-order valence-corrected chi connectivity index (χ0v) is 9.95. The fraction of sp³-hybridized carbons (Fsp3) is 0.250. The second kappa shape index (κ2) is 5.82. The zero-order chi connectivity index (χ0) is 10.4. The van der Waals surface area contributed by atoms with Gasteiger partial charge in [-0.25, -0.2) is 0 Å². The van der Waals surface area contributed by atoms with Gasteiger partial charge < -0.3 is 0 Å². The number of carbonyl (C=O) groups excluding carboxylic acids is 1. The van der Waals surface area contributed by atoms with Crippen molar-refractivity contribution in [2.75, 3.05) is 0 Å². The van der Waals surface area contributed by atoms with Crippen LogP contribution in [0.2, 0.25) is 0 Å². The van der Waals surface area contributed by atoms with Crippen molar-refractivity contribution in [3.05, 3.63) is 33.4 Å². The van der Waals surface area contributed by atoms with Gasteiger partial charge >= 0.3 is 0 Å². The lowest BCUT2D eigenvalue weighted by molar-refractivity contribution is 0.0980. The summed E-state index contributed by atoms with van der Waals surface area (Å²) in [4.78, 5) is 11.6. The largest absolute Gasteiger partial charge is 0.294 e. The number of benzene rings is 1. The van der Waals surface area contributed by atoms with Gasteiger partial charge in [-0.05, 0) is 41.1 Å². The molecule has 2 heteroatoms. The van der Waals surface area contributed by atoms with Crippen LogP contribution in [0.15, 0.2) is 24.3 Å². The van der Waals surface area contributed by atoms with Crippen LogP contribution in [0.25, 0.3) is 0 Å². The number of Topliss-reactive ketones (excluding diaryl/α,β-unsaturated/α-hetero) is 1. The molecule has 14 heavy (non-hydrogen) atoms. The predicted octanol–water partition coefficient (Wildman–Crippen LogP) is 3.28. The maximum atomic E-state index is 11.6. The highest BCUT2D eigenvalue weighted by atomic mass is 127. The summed E-state index contributed by atoms with van der Waals surface area (Å²) in [5.74, 6) is 2.71. The highest BCUT2D eigenvalue weighted by molar-refractivity contribution is 14.1. The average Bonchev–Trinajstić information content (AvgIpc) is 2.19. The molecule has 0 aliphatic heterocycles. The van der Waals surface area contributed by atoms with E-state index in [1.165, 1.54) is 0 Å². The van der Waals surface area contributed by atoms with Crippen LogP contribution in [0.3, 0.4) is 0 Å². The van der Waals surface area contributed by atoms with Crippen molar-refractivity contribution in [2.45, 2.75) is 19.3 Å². The molecule has 0 saturated carbocycles. The highest BCUT2D eigenvalue weighted by Gasteiger charge is 2.03. The van der Waals surface area contributed by atoms with Crippen LogP contribution in [-0.4, -0.2) is 5.78 Å². The van der Waals surface area contributed by atoms with Crippen LogP contribution < -0.4 is 0 Å². The molecule has 72 valence electrons. The van der Waals surface area contributed by atoms with E-state index in [1.807, 2.05) is 24.3 Å². The van der Waals surface area contributed by atoms with Crippen molar-refractivity contribution < 1.29 is 4.79 Å². The molecule has 0 atom stereocenters. The Morgan fingerprint density at radius 3 is 2.57 bits per heavy atom. The third-order valence-electron chi connectivity index (χ3n) is 1.89. The molecular weight excluding hydrogens is 287 g/mol. The summed E-state index contributed by atoms with van der Waals surface area (Å²) in [5, 5.41) is 0. The molecule has 1 aromatic rings. The molecule has 0 bridgehead atoms. The molecule has 1 nitrogen and oxygen atoms in total. The fourth-order valence-electron chi connectivity index (χ4n) is 1.13. The lowest BCUT2D eigenvalue weighted by atomic mass is 10.1. The van der Waals surface area contributed by atoms with Gasteiger partial charge in [0.1, 0.15) is 0 Å². The van der Waals surface area contributed by atoms with Crippen molar-refractivity contribution in [2.24, 2.45) is 0 Å². The van der Waals surface area contributed by atoms with Crippen LogP contribution >= 0.6 is 22.6 Å². The van der Waals surface area contributed by atoms with E-state index in [2.05, 4.69) is 28.5 Å². The maximum absolute atomic E-state index is 11.6. The number of unbranched alkanes of at least 4 members (excludes halogenated alkanes) is 1. The Bertz CT molecular complexity index is 346. The standard InChI is InChI=1S/C12H11IO/c1-2-3-4-5-12(14)10-6-8-11(13)9-7-10/h1,6-9H,3-5H2. The Morgan fingerprint density at radius 2 is 2.00 bits per heavy atom. The maximum Gasteiger partial charge on any atom is 0.162 e. The van der Waals surface area contributed by atoms with Gasteiger partial charge in [-0.2, -0.15) is 0 Å². The first kappa shape index (κ1) is 11.3. The third kappa shape index (κ3) is 3.51. The van der Waals surface area contributed by atoms with Crippen LogP contribution in [0.5, 0.6) is 0 Å². The average molecular weight is 298 g/mol. The number of terminal acetylenes is 1. The monoisotopic (exact) mass is 298 g/mol. The molecule has 0 unspecified atom stereocenters. The molecule has 1 aromatic carbocycles. The minimum Gasteiger partial charge on any atom is -0.294 e. The summed E-state index contributed by atoms with van der Waals surface area (Å²) in [5.41, 5.74) is 0.780. The number of rotatable bonds is 4. The highest BCUT2D eigenvalue weighted by Crippen LogP contribution is 2.10. The van der Waals surface area contributed by atoms with Gasteiger partial charge in [0.25, 0.3) is 0 Å². The van der Waals surface area contributed by atoms with E-state index in [9.17, 15) is 4.79 Å². The Morgan fingerprint density at radius 1 is 1.36 bits per heavy atom. The lowest BCUT2D eigenvalue weighted by Gasteiger charge is -1.99. The number of halogens is 1. The quantitative estimate of drug-likeness (QED) is 0.361. The molecule has 0 spiro atoms. The lowest BCUT2D eigenvalue weighted by Crippen LogP contribution is -1.98. The smallest absolute Gasteiger partial charge is 0.162 e. The Balaban J connectivity index is 2.53. The molecule has 0 heterocycles. The third-order valence-corrected chi connectivity index (χ3v) is 2.61. The van der Waals surface area contributed by atoms with Crippen LogP contribution in [-0.2, 0) is 0 Å². The first-order valence-corrected chi connectivity index (χ1v) is 5.54. The molecule has 0 fully saturated rings. The van der Waals surface area contributed by atoms with Crippen LogP contribution in [0.1, 0.15) is 29.6 Å². The van der Waals surface area contributed by atoms with Gasteiger partial charge in [0.05, 0.1) is 0 Å². The number of ketones is 1. The number of hydrogen-bond acceptors (Lipinski definition) is 1. The minimum atomic E-state index is 0.177. The van der Waals surface area contributed by atoms with E-state index in [4.69, 9.17) is 6.42 Å². The van der Waals surface area contributed by atoms with Crippen molar-refractivity contribution in [3.8, 4) is 12.3 Å². The minimum absolute atomic E-state index is 0.177. The molecule has 0 aromatic heterocycles. The second-order valence-electron chi connectivity index (χ2n) is 2.99. The van der Waals surface area contributed by atoms with E-state index in [-0.39, 0.29) is 5.78 Å². The molecule has 0 amide bonds. The van der Waals surface area contributed by atoms with Crippen molar-refractivity contribution in [3.63, 3.8) is 0 Å². The molecule has 0 N–H and O–H groups in total. The fourth-order valence-corrected chi connectivity index (χ4v) is 1.49. The molecule has 0 radical (unpaired) electrons. The Hall–Kier alpha value is -0.820. The summed E-state index contributed by atoms with van der Waals surface area (Å²) in [6, 6.07) is 7.60. The van der Waals surface area contributed by atoms with Gasteiger partial charge in [0.2, 0.25) is 0 Å². The van der Waals surface area contributed by atoms with Gasteiger partial charge in [0.15, 0.2) is 5.78 Å². The van der Waals surface area contributed by atoms with Crippen molar-refractivity contribution >= 4 is 28.4 Å². The zero-order valence-electron chi connectivity index (χ0n) is 7.79. The molecule has 0 aliphatic carbocycles. The first-order chi connectivity index (χ1) is 6.74. The summed E-state index contributed by atoms with van der Waals surface area (Å²) < 4.78 is 1.14. The molecule has 1 rings (SSSR count). The Labute approximate surface area is 98.0 Å². The van der Waals surface area contributed by atoms with Gasteiger partial charge in [-0.1, -0.05) is 12.1 Å². The van der Waals surface area contributed by atoms with E-state index >= 15 is 0 Å². The summed E-state index contributed by atoms with van der Waals surface area (Å²) in [6.07, 6.45) is 7.11. The summed E-state index contributed by atoms with van der Waals surface area (Å²) in [6.45, 7) is 0. The van der Waals surface area contributed by atoms with Crippen LogP contribution in [0, 0.1) is 15.9 Å². The molecular formula is C12H11IO. The van der Waals surface area contributed by atoms with Gasteiger partial charge in [-0.3, -0.25) is 4.79 Å². The van der Waals surface area contributed by atoms with Crippen molar-refractivity contribution in [1.82, 2.24) is 0 Å². The molecule has 0 aliphatic rings. The van der Waals surface area contributed by atoms with Gasteiger partial charge in [0, 0.05) is 22.0 Å². The first-order valence-electron chi connectivity index (χ1n) is 4.46. The number of hydrogen-bond donors (Lipinski definition) is 0. The topological polar surface area (TPSA) is 17.1 Å². The second-order valence-corrected chi connectivity index (χ2v) is 4.23. The van der Waals surface area contributed by atoms with Gasteiger partial charge in [-0.15, -0.1) is 12.3 Å². The van der Waals surface area contributed by atoms with Crippen molar-refractivity contribution in [1.29, 1.82) is 0 Å². The van der Waals surface area contributed by atoms with E-state index < -0.39 is 0 Å². The number of carbonyl (C=O) groups is 1. The van der Waals surface area contributed by atoms with E-state index in [1.54, 1.807) is 0 Å². The summed E-state index contributed by atoms with van der Waals surface area (Å²) >= 11 is 2.22. The molecule has 0 saturated heterocycles.